The van der Waals surface area contributed by atoms with E-state index in [1.54, 1.807) is 0 Å². The minimum Gasteiger partial charge on any atom is -0.213 e. The molecule has 1 aliphatic carbocycles. The molecule has 0 spiro atoms. The Morgan fingerprint density at radius 3 is 2.48 bits per heavy atom. The lowest BCUT2D eigenvalue weighted by Crippen LogP contribution is -2.15. The number of aromatic nitrogens is 3. The molecule has 0 radical (unpaired) electrons. The zero-order chi connectivity index (χ0) is 17.2. The lowest BCUT2D eigenvalue weighted by molar-refractivity contribution is 0.659. The van der Waals surface area contributed by atoms with Gasteiger partial charge in [-0.05, 0) is 52.9 Å². The van der Waals surface area contributed by atoms with Gasteiger partial charge in [0.1, 0.15) is 5.52 Å². The van der Waals surface area contributed by atoms with Crippen LogP contribution in [0.25, 0.3) is 27.8 Å². The molecule has 0 unspecified atom stereocenters. The molecule has 3 aromatic carbocycles. The third-order valence-corrected chi connectivity index (χ3v) is 5.48. The van der Waals surface area contributed by atoms with Crippen LogP contribution < -0.4 is 0 Å². The van der Waals surface area contributed by atoms with Crippen molar-refractivity contribution in [3.8, 4) is 16.8 Å². The second kappa shape index (κ2) is 4.79. The van der Waals surface area contributed by atoms with Crippen LogP contribution in [0.3, 0.4) is 0 Å². The Hall–Kier alpha value is -2.94. The molecule has 4 aromatic rings. The van der Waals surface area contributed by atoms with Crippen molar-refractivity contribution in [2.45, 2.75) is 26.2 Å². The summed E-state index contributed by atoms with van der Waals surface area (Å²) in [6.07, 6.45) is 0. The van der Waals surface area contributed by atoms with Crippen molar-refractivity contribution >= 4 is 11.0 Å². The van der Waals surface area contributed by atoms with Gasteiger partial charge in [-0.2, -0.15) is 0 Å². The SMILES string of the molecule is Cc1cc2c(cc1-n1nnc3ccccc31)-c1ccccc1C2(C)C. The summed E-state index contributed by atoms with van der Waals surface area (Å²) in [6, 6.07) is 21.4. The summed E-state index contributed by atoms with van der Waals surface area (Å²) in [5.41, 5.74) is 9.72. The standard InChI is InChI=1S/C22H19N3/c1-14-12-18-16(15-8-4-5-9-17(15)22(18,2)3)13-21(14)25-20-11-7-6-10-19(20)23-24-25/h4-13H,1-3H3. The molecule has 0 atom stereocenters. The number of hydrogen-bond donors (Lipinski definition) is 0. The third-order valence-electron chi connectivity index (χ3n) is 5.48. The van der Waals surface area contributed by atoms with Crippen molar-refractivity contribution in [3.63, 3.8) is 0 Å². The van der Waals surface area contributed by atoms with Crippen molar-refractivity contribution < 1.29 is 0 Å². The van der Waals surface area contributed by atoms with E-state index in [-0.39, 0.29) is 5.41 Å². The number of rotatable bonds is 1. The van der Waals surface area contributed by atoms with Gasteiger partial charge in [0, 0.05) is 5.41 Å². The molecule has 0 fully saturated rings. The molecular formula is C22H19N3. The molecule has 0 amide bonds. The smallest absolute Gasteiger partial charge is 0.113 e. The summed E-state index contributed by atoms with van der Waals surface area (Å²) in [5, 5.41) is 8.73. The van der Waals surface area contributed by atoms with Crippen LogP contribution in [0.15, 0.2) is 60.7 Å². The molecule has 1 aliphatic rings. The first-order chi connectivity index (χ1) is 12.1. The molecule has 0 saturated heterocycles. The second-order valence-corrected chi connectivity index (χ2v) is 7.34. The number of fused-ring (bicyclic) bond motifs is 4. The fourth-order valence-corrected chi connectivity index (χ4v) is 4.12. The third kappa shape index (κ3) is 1.86. The van der Waals surface area contributed by atoms with Crippen LogP contribution in [0.5, 0.6) is 0 Å². The van der Waals surface area contributed by atoms with Crippen molar-refractivity contribution in [2.75, 3.05) is 0 Å². The number of hydrogen-bond acceptors (Lipinski definition) is 2. The normalized spacial score (nSPS) is 14.5. The van der Waals surface area contributed by atoms with Crippen molar-refractivity contribution in [1.82, 2.24) is 15.0 Å². The fraction of sp³-hybridized carbons (Fsp3) is 0.182. The monoisotopic (exact) mass is 325 g/mol. The molecule has 0 N–H and O–H groups in total. The van der Waals surface area contributed by atoms with E-state index in [1.165, 1.54) is 27.8 Å². The minimum atomic E-state index is 0.0274. The second-order valence-electron chi connectivity index (χ2n) is 7.34. The summed E-state index contributed by atoms with van der Waals surface area (Å²) >= 11 is 0. The highest BCUT2D eigenvalue weighted by Gasteiger charge is 2.35. The highest BCUT2D eigenvalue weighted by molar-refractivity contribution is 5.84. The molecular weight excluding hydrogens is 306 g/mol. The minimum absolute atomic E-state index is 0.0274. The van der Waals surface area contributed by atoms with Crippen LogP contribution in [0.2, 0.25) is 0 Å². The van der Waals surface area contributed by atoms with Crippen LogP contribution in [-0.4, -0.2) is 15.0 Å². The molecule has 1 heterocycles. The summed E-state index contributed by atoms with van der Waals surface area (Å²) in [6.45, 7) is 6.77. The van der Waals surface area contributed by atoms with Gasteiger partial charge >= 0.3 is 0 Å². The Kier molecular flexibility index (Phi) is 2.76. The van der Waals surface area contributed by atoms with Crippen molar-refractivity contribution in [2.24, 2.45) is 0 Å². The molecule has 5 rings (SSSR count). The summed E-state index contributed by atoms with van der Waals surface area (Å²) in [7, 11) is 0. The average molecular weight is 325 g/mol. The van der Waals surface area contributed by atoms with E-state index >= 15 is 0 Å². The molecule has 1 aromatic heterocycles. The molecule has 25 heavy (non-hydrogen) atoms. The Bertz CT molecular complexity index is 1140. The molecule has 0 aliphatic heterocycles. The number of benzene rings is 3. The van der Waals surface area contributed by atoms with Crippen molar-refractivity contribution in [3.05, 3.63) is 77.4 Å². The average Bonchev–Trinajstić information content (AvgIpc) is 3.13. The Morgan fingerprint density at radius 2 is 1.60 bits per heavy atom. The quantitative estimate of drug-likeness (QED) is 0.491. The fourth-order valence-electron chi connectivity index (χ4n) is 4.12. The van der Waals surface area contributed by atoms with Crippen LogP contribution in [0.4, 0.5) is 0 Å². The van der Waals surface area contributed by atoms with Gasteiger partial charge in [-0.15, -0.1) is 5.10 Å². The van der Waals surface area contributed by atoms with E-state index in [0.29, 0.717) is 0 Å². The van der Waals surface area contributed by atoms with E-state index in [2.05, 4.69) is 73.5 Å². The lowest BCUT2D eigenvalue weighted by atomic mass is 9.82. The van der Waals surface area contributed by atoms with Crippen LogP contribution in [-0.2, 0) is 5.41 Å². The molecule has 122 valence electrons. The first-order valence-corrected chi connectivity index (χ1v) is 8.63. The highest BCUT2D eigenvalue weighted by atomic mass is 15.4. The van der Waals surface area contributed by atoms with Gasteiger partial charge in [0.05, 0.1) is 11.2 Å². The molecule has 3 nitrogen and oxygen atoms in total. The molecule has 0 bridgehead atoms. The highest BCUT2D eigenvalue weighted by Crippen LogP contribution is 2.49. The summed E-state index contributed by atoms with van der Waals surface area (Å²) in [4.78, 5) is 0. The summed E-state index contributed by atoms with van der Waals surface area (Å²) in [5.74, 6) is 0. The Morgan fingerprint density at radius 1 is 0.840 bits per heavy atom. The molecule has 3 heteroatoms. The van der Waals surface area contributed by atoms with E-state index in [0.717, 1.165) is 16.7 Å². The van der Waals surface area contributed by atoms with Gasteiger partial charge in [-0.3, -0.25) is 0 Å². The van der Waals surface area contributed by atoms with Crippen LogP contribution >= 0.6 is 0 Å². The maximum Gasteiger partial charge on any atom is 0.113 e. The Balaban J connectivity index is 1.81. The summed E-state index contributed by atoms with van der Waals surface area (Å²) < 4.78 is 1.96. The zero-order valence-electron chi connectivity index (χ0n) is 14.6. The maximum absolute atomic E-state index is 4.41. The van der Waals surface area contributed by atoms with Gasteiger partial charge in [0.15, 0.2) is 0 Å². The van der Waals surface area contributed by atoms with E-state index in [9.17, 15) is 0 Å². The maximum atomic E-state index is 4.41. The van der Waals surface area contributed by atoms with Crippen LogP contribution in [0, 0.1) is 6.92 Å². The first-order valence-electron chi connectivity index (χ1n) is 8.63. The van der Waals surface area contributed by atoms with Gasteiger partial charge in [0.25, 0.3) is 0 Å². The van der Waals surface area contributed by atoms with E-state index < -0.39 is 0 Å². The van der Waals surface area contributed by atoms with E-state index in [4.69, 9.17) is 0 Å². The Labute approximate surface area is 146 Å². The predicted octanol–water partition coefficient (Wildman–Crippen LogP) is 5.04. The number of nitrogens with zero attached hydrogens (tertiary/aromatic N) is 3. The lowest BCUT2D eigenvalue weighted by Gasteiger charge is -2.22. The van der Waals surface area contributed by atoms with Gasteiger partial charge in [-0.1, -0.05) is 61.5 Å². The van der Waals surface area contributed by atoms with Gasteiger partial charge in [-0.25, -0.2) is 4.68 Å². The van der Waals surface area contributed by atoms with E-state index in [1.807, 2.05) is 22.9 Å². The van der Waals surface area contributed by atoms with Gasteiger partial charge in [0.2, 0.25) is 0 Å². The van der Waals surface area contributed by atoms with Gasteiger partial charge < -0.3 is 0 Å². The topological polar surface area (TPSA) is 30.7 Å². The zero-order valence-corrected chi connectivity index (χ0v) is 14.6. The largest absolute Gasteiger partial charge is 0.213 e. The molecule has 0 saturated carbocycles. The first kappa shape index (κ1) is 14.4. The number of para-hydroxylation sites is 1. The number of aryl methyl sites for hydroxylation is 1. The predicted molar refractivity (Wildman–Crippen MR) is 101 cm³/mol. The van der Waals surface area contributed by atoms with Crippen molar-refractivity contribution in [1.29, 1.82) is 0 Å². The van der Waals surface area contributed by atoms with Crippen LogP contribution in [0.1, 0.15) is 30.5 Å².